The van der Waals surface area contributed by atoms with Crippen molar-refractivity contribution in [2.24, 2.45) is 0 Å². The Balaban J connectivity index is 1.85. The first-order valence-electron chi connectivity index (χ1n) is 6.13. The van der Waals surface area contributed by atoms with Crippen molar-refractivity contribution in [3.63, 3.8) is 0 Å². The van der Waals surface area contributed by atoms with Crippen LogP contribution in [-0.4, -0.2) is 16.6 Å². The average molecular weight is 281 g/mol. The minimum atomic E-state index is -0.568. The summed E-state index contributed by atoms with van der Waals surface area (Å²) >= 11 is 5.80. The summed E-state index contributed by atoms with van der Waals surface area (Å²) in [6.45, 7) is 4.72. The van der Waals surface area contributed by atoms with Crippen LogP contribution in [0.25, 0.3) is 0 Å². The van der Waals surface area contributed by atoms with Gasteiger partial charge in [0.25, 0.3) is 0 Å². The lowest BCUT2D eigenvalue weighted by molar-refractivity contribution is 0.173. The fraction of sp³-hybridized carbons (Fsp3) is 0.357. The zero-order chi connectivity index (χ0) is 13.8. The van der Waals surface area contributed by atoms with Crippen LogP contribution in [-0.2, 0) is 6.54 Å². The third kappa shape index (κ3) is 3.80. The Kier molecular flexibility index (Phi) is 4.58. The molecular weight excluding hydrogens is 264 g/mol. The summed E-state index contributed by atoms with van der Waals surface area (Å²) in [6, 6.07) is 7.17. The van der Waals surface area contributed by atoms with Crippen molar-refractivity contribution in [2.75, 3.05) is 6.54 Å². The van der Waals surface area contributed by atoms with Gasteiger partial charge in [0.1, 0.15) is 5.76 Å². The number of aryl methyl sites for hydroxylation is 2. The first-order valence-corrected chi connectivity index (χ1v) is 6.51. The molecule has 0 aliphatic carbocycles. The van der Waals surface area contributed by atoms with Crippen LogP contribution in [0.5, 0.6) is 0 Å². The molecule has 0 fully saturated rings. The van der Waals surface area contributed by atoms with Gasteiger partial charge in [0.15, 0.2) is 5.89 Å². The van der Waals surface area contributed by atoms with Crippen molar-refractivity contribution < 1.29 is 9.52 Å². The van der Waals surface area contributed by atoms with Crippen molar-refractivity contribution >= 4 is 11.6 Å². The Morgan fingerprint density at radius 3 is 2.58 bits per heavy atom. The van der Waals surface area contributed by atoms with E-state index in [2.05, 4.69) is 10.3 Å². The van der Waals surface area contributed by atoms with Crippen molar-refractivity contribution in [3.05, 3.63) is 52.2 Å². The second-order valence-corrected chi connectivity index (χ2v) is 4.88. The highest BCUT2D eigenvalue weighted by Crippen LogP contribution is 2.16. The van der Waals surface area contributed by atoms with Gasteiger partial charge < -0.3 is 14.8 Å². The van der Waals surface area contributed by atoms with Crippen molar-refractivity contribution in [3.8, 4) is 0 Å². The zero-order valence-corrected chi connectivity index (χ0v) is 11.7. The lowest BCUT2D eigenvalue weighted by atomic mass is 10.1. The maximum absolute atomic E-state index is 10.0. The maximum atomic E-state index is 10.0. The number of oxazole rings is 1. The van der Waals surface area contributed by atoms with Gasteiger partial charge in [0.05, 0.1) is 18.3 Å². The van der Waals surface area contributed by atoms with Crippen molar-refractivity contribution in [1.82, 2.24) is 10.3 Å². The predicted octanol–water partition coefficient (Wildman–Crippen LogP) is 2.77. The molecule has 1 atom stereocenters. The summed E-state index contributed by atoms with van der Waals surface area (Å²) in [4.78, 5) is 4.19. The first kappa shape index (κ1) is 14.1. The van der Waals surface area contributed by atoms with E-state index < -0.39 is 6.10 Å². The second-order valence-electron chi connectivity index (χ2n) is 4.44. The molecule has 2 rings (SSSR count). The molecule has 102 valence electrons. The number of nitrogens with zero attached hydrogens (tertiary/aromatic N) is 1. The van der Waals surface area contributed by atoms with Gasteiger partial charge in [-0.1, -0.05) is 23.7 Å². The average Bonchev–Trinajstić information content (AvgIpc) is 2.68. The van der Waals surface area contributed by atoms with Gasteiger partial charge in [-0.15, -0.1) is 0 Å². The number of aliphatic hydroxyl groups excluding tert-OH is 1. The van der Waals surface area contributed by atoms with Gasteiger partial charge >= 0.3 is 0 Å². The third-order valence-electron chi connectivity index (χ3n) is 2.88. The molecule has 2 N–H and O–H groups in total. The minimum Gasteiger partial charge on any atom is -0.444 e. The van der Waals surface area contributed by atoms with E-state index in [1.54, 1.807) is 12.1 Å². The largest absolute Gasteiger partial charge is 0.444 e. The number of aromatic nitrogens is 1. The summed E-state index contributed by atoms with van der Waals surface area (Å²) in [6.07, 6.45) is -0.568. The summed E-state index contributed by atoms with van der Waals surface area (Å²) in [5.74, 6) is 1.47. The fourth-order valence-electron chi connectivity index (χ4n) is 1.86. The number of hydrogen-bond acceptors (Lipinski definition) is 4. The van der Waals surface area contributed by atoms with E-state index in [4.69, 9.17) is 16.0 Å². The first-order chi connectivity index (χ1) is 9.06. The molecular formula is C14H17ClN2O2. The van der Waals surface area contributed by atoms with Gasteiger partial charge in [0, 0.05) is 18.5 Å². The van der Waals surface area contributed by atoms with Gasteiger partial charge in [-0.05, 0) is 24.6 Å². The molecule has 4 nitrogen and oxygen atoms in total. The fourth-order valence-corrected chi connectivity index (χ4v) is 1.99. The van der Waals surface area contributed by atoms with Crippen molar-refractivity contribution in [2.45, 2.75) is 26.5 Å². The van der Waals surface area contributed by atoms with E-state index in [1.165, 1.54) is 0 Å². The van der Waals surface area contributed by atoms with Gasteiger partial charge in [0.2, 0.25) is 0 Å². The molecule has 5 heteroatoms. The lowest BCUT2D eigenvalue weighted by Gasteiger charge is -2.11. The predicted molar refractivity (Wildman–Crippen MR) is 74.1 cm³/mol. The van der Waals surface area contributed by atoms with Gasteiger partial charge in [-0.2, -0.15) is 0 Å². The quantitative estimate of drug-likeness (QED) is 0.884. The van der Waals surface area contributed by atoms with E-state index in [9.17, 15) is 5.11 Å². The molecule has 0 radical (unpaired) electrons. The number of rotatable bonds is 5. The van der Waals surface area contributed by atoms with Crippen LogP contribution in [0.1, 0.15) is 29.0 Å². The topological polar surface area (TPSA) is 58.3 Å². The summed E-state index contributed by atoms with van der Waals surface area (Å²) in [5.41, 5.74) is 1.72. The number of hydrogen-bond donors (Lipinski definition) is 2. The molecule has 0 unspecified atom stereocenters. The summed E-state index contributed by atoms with van der Waals surface area (Å²) < 4.78 is 5.44. The Hall–Kier alpha value is -1.36. The number of halogens is 1. The normalized spacial score (nSPS) is 12.6. The third-order valence-corrected chi connectivity index (χ3v) is 3.13. The lowest BCUT2D eigenvalue weighted by Crippen LogP contribution is -2.21. The number of nitrogens with one attached hydrogen (secondary N) is 1. The van der Waals surface area contributed by atoms with E-state index in [1.807, 2.05) is 26.0 Å². The number of benzene rings is 1. The van der Waals surface area contributed by atoms with Crippen LogP contribution in [0, 0.1) is 13.8 Å². The maximum Gasteiger partial charge on any atom is 0.191 e. The monoisotopic (exact) mass is 280 g/mol. The smallest absolute Gasteiger partial charge is 0.191 e. The Labute approximate surface area is 117 Å². The molecule has 0 amide bonds. The molecule has 0 spiro atoms. The molecule has 1 aromatic heterocycles. The standard InChI is InChI=1S/C14H17ClN2O2/c1-9-14(19-10(2)17-9)8-16-7-13(18)11-3-5-12(15)6-4-11/h3-6,13,16,18H,7-8H2,1-2H3/t13-/m0/s1. The number of aliphatic hydroxyl groups is 1. The molecule has 19 heavy (non-hydrogen) atoms. The summed E-state index contributed by atoms with van der Waals surface area (Å²) in [7, 11) is 0. The highest BCUT2D eigenvalue weighted by molar-refractivity contribution is 6.30. The van der Waals surface area contributed by atoms with Crippen LogP contribution >= 0.6 is 11.6 Å². The highest BCUT2D eigenvalue weighted by atomic mass is 35.5. The van der Waals surface area contributed by atoms with E-state index in [0.717, 1.165) is 17.0 Å². The van der Waals surface area contributed by atoms with Crippen molar-refractivity contribution in [1.29, 1.82) is 0 Å². The molecule has 0 aliphatic heterocycles. The molecule has 0 bridgehead atoms. The van der Waals surface area contributed by atoms with E-state index >= 15 is 0 Å². The molecule has 0 saturated heterocycles. The van der Waals surface area contributed by atoms with E-state index in [-0.39, 0.29) is 0 Å². The molecule has 1 aromatic carbocycles. The second kappa shape index (κ2) is 6.19. The van der Waals surface area contributed by atoms with Gasteiger partial charge in [-0.3, -0.25) is 0 Å². The molecule has 2 aromatic rings. The van der Waals surface area contributed by atoms with Crippen LogP contribution in [0.15, 0.2) is 28.7 Å². The molecule has 0 aliphatic rings. The Morgan fingerprint density at radius 2 is 2.00 bits per heavy atom. The van der Waals surface area contributed by atoms with Crippen LogP contribution in [0.4, 0.5) is 0 Å². The van der Waals surface area contributed by atoms with E-state index in [0.29, 0.717) is 24.0 Å². The molecule has 1 heterocycles. The summed E-state index contributed by atoms with van der Waals surface area (Å²) in [5, 5.41) is 13.8. The molecule has 0 saturated carbocycles. The minimum absolute atomic E-state index is 0.445. The highest BCUT2D eigenvalue weighted by Gasteiger charge is 2.09. The Morgan fingerprint density at radius 1 is 1.32 bits per heavy atom. The van der Waals surface area contributed by atoms with Gasteiger partial charge in [-0.25, -0.2) is 4.98 Å². The Bertz CT molecular complexity index is 537. The van der Waals surface area contributed by atoms with Crippen LogP contribution < -0.4 is 5.32 Å². The zero-order valence-electron chi connectivity index (χ0n) is 11.0. The SMILES string of the molecule is Cc1nc(C)c(CNC[C@H](O)c2ccc(Cl)cc2)o1. The van der Waals surface area contributed by atoms with Crippen LogP contribution in [0.2, 0.25) is 5.02 Å². The van der Waals surface area contributed by atoms with Crippen LogP contribution in [0.3, 0.4) is 0 Å².